The Morgan fingerprint density at radius 2 is 2.12 bits per heavy atom. The largest absolute Gasteiger partial charge is 0.387 e. The van der Waals surface area contributed by atoms with Gasteiger partial charge in [-0.3, -0.25) is 10.1 Å². The van der Waals surface area contributed by atoms with Crippen molar-refractivity contribution in [3.8, 4) is 0 Å². The number of urea groups is 1. The number of imide groups is 1. The smallest absolute Gasteiger partial charge is 0.347 e. The summed E-state index contributed by atoms with van der Waals surface area (Å²) < 4.78 is 0. The number of hydrogen-bond acceptors (Lipinski definition) is 3. The average molecular weight is 220 g/mol. The molecule has 0 unspecified atom stereocenters. The first kappa shape index (κ1) is 12.1. The van der Waals surface area contributed by atoms with Gasteiger partial charge >= 0.3 is 6.03 Å². The van der Waals surface area contributed by atoms with Crippen LogP contribution in [0.5, 0.6) is 0 Å². The molecule has 0 aliphatic rings. The molecule has 3 amide bonds. The zero-order valence-corrected chi connectivity index (χ0v) is 8.80. The highest BCUT2D eigenvalue weighted by molar-refractivity contribution is 6.00. The number of carbonyl (C=O) groups is 2. The molecule has 0 heterocycles. The maximum absolute atomic E-state index is 11.1. The van der Waals surface area contributed by atoms with Gasteiger partial charge < -0.3 is 5.11 Å². The van der Waals surface area contributed by atoms with Crippen LogP contribution in [0.25, 0.3) is 0 Å². The van der Waals surface area contributed by atoms with Gasteiger partial charge in [-0.2, -0.15) is 0 Å². The Morgan fingerprint density at radius 1 is 1.44 bits per heavy atom. The number of benzene rings is 1. The molecule has 0 spiro atoms. The fourth-order valence-electron chi connectivity index (χ4n) is 1.05. The molecule has 1 aromatic rings. The SMILES string of the molecule is Cc1ccccc1C=NC(=O)NC(=O)CO. The first-order valence-corrected chi connectivity index (χ1v) is 4.68. The van der Waals surface area contributed by atoms with Gasteiger partial charge in [0.25, 0.3) is 5.91 Å². The number of aliphatic hydroxyl groups excluding tert-OH is 1. The molecule has 0 fully saturated rings. The number of aliphatic hydroxyl groups is 1. The third kappa shape index (κ3) is 3.62. The molecular weight excluding hydrogens is 208 g/mol. The first-order chi connectivity index (χ1) is 7.63. The van der Waals surface area contributed by atoms with Crippen LogP contribution in [0.1, 0.15) is 11.1 Å². The van der Waals surface area contributed by atoms with E-state index in [-0.39, 0.29) is 0 Å². The van der Waals surface area contributed by atoms with Gasteiger partial charge in [-0.25, -0.2) is 9.79 Å². The molecule has 1 aromatic carbocycles. The maximum atomic E-state index is 11.1. The second-order valence-corrected chi connectivity index (χ2v) is 3.13. The van der Waals surface area contributed by atoms with Crippen molar-refractivity contribution in [2.45, 2.75) is 6.92 Å². The van der Waals surface area contributed by atoms with Crippen LogP contribution in [-0.4, -0.2) is 29.9 Å². The van der Waals surface area contributed by atoms with E-state index in [4.69, 9.17) is 5.11 Å². The quantitative estimate of drug-likeness (QED) is 0.718. The Kier molecular flexibility index (Phi) is 4.35. The second-order valence-electron chi connectivity index (χ2n) is 3.13. The Labute approximate surface area is 92.8 Å². The molecule has 5 nitrogen and oxygen atoms in total. The highest BCUT2D eigenvalue weighted by Crippen LogP contribution is 2.03. The number of amides is 3. The van der Waals surface area contributed by atoms with Crippen molar-refractivity contribution in [1.82, 2.24) is 5.32 Å². The summed E-state index contributed by atoms with van der Waals surface area (Å²) in [7, 11) is 0. The summed E-state index contributed by atoms with van der Waals surface area (Å²) in [5, 5.41) is 10.3. The standard InChI is InChI=1S/C11H12N2O3/c1-8-4-2-3-5-9(8)6-12-11(16)13-10(15)7-14/h2-6,14H,7H2,1H3,(H,13,15,16). The van der Waals surface area contributed by atoms with Gasteiger partial charge in [0.05, 0.1) is 0 Å². The van der Waals surface area contributed by atoms with Crippen molar-refractivity contribution in [2.75, 3.05) is 6.61 Å². The Hall–Kier alpha value is -2.01. The minimum atomic E-state index is -0.790. The summed E-state index contributed by atoms with van der Waals surface area (Å²) in [6, 6.07) is 6.60. The number of hydrogen-bond donors (Lipinski definition) is 2. The Bertz CT molecular complexity index is 427. The second kappa shape index (κ2) is 5.77. The molecule has 1 rings (SSSR count). The number of rotatable bonds is 2. The number of nitrogens with zero attached hydrogens (tertiary/aromatic N) is 1. The van der Waals surface area contributed by atoms with Crippen LogP contribution in [0.4, 0.5) is 4.79 Å². The lowest BCUT2D eigenvalue weighted by Crippen LogP contribution is -2.30. The number of carbonyl (C=O) groups excluding carboxylic acids is 2. The van der Waals surface area contributed by atoms with E-state index < -0.39 is 18.5 Å². The monoisotopic (exact) mass is 220 g/mol. The van der Waals surface area contributed by atoms with Crippen molar-refractivity contribution in [1.29, 1.82) is 0 Å². The summed E-state index contributed by atoms with van der Waals surface area (Å²) in [5.41, 5.74) is 1.78. The fraction of sp³-hybridized carbons (Fsp3) is 0.182. The van der Waals surface area contributed by atoms with E-state index in [2.05, 4.69) is 4.99 Å². The van der Waals surface area contributed by atoms with Gasteiger partial charge in [-0.1, -0.05) is 24.3 Å². The first-order valence-electron chi connectivity index (χ1n) is 4.68. The highest BCUT2D eigenvalue weighted by atomic mass is 16.3. The third-order valence-electron chi connectivity index (χ3n) is 1.90. The van der Waals surface area contributed by atoms with Gasteiger partial charge in [0.15, 0.2) is 0 Å². The normalized spacial score (nSPS) is 10.4. The summed E-state index contributed by atoms with van der Waals surface area (Å²) in [5.74, 6) is -0.771. The van der Waals surface area contributed by atoms with Gasteiger partial charge in [-0.05, 0) is 18.1 Å². The molecule has 5 heteroatoms. The number of aryl methyl sites for hydroxylation is 1. The van der Waals surface area contributed by atoms with E-state index in [1.165, 1.54) is 6.21 Å². The lowest BCUT2D eigenvalue weighted by Gasteiger charge is -1.98. The molecular formula is C11H12N2O3. The molecule has 0 aliphatic heterocycles. The number of aliphatic imine (C=N–C) groups is 1. The highest BCUT2D eigenvalue weighted by Gasteiger charge is 2.03. The van der Waals surface area contributed by atoms with Crippen LogP contribution in [0, 0.1) is 6.92 Å². The van der Waals surface area contributed by atoms with Crippen molar-refractivity contribution in [2.24, 2.45) is 4.99 Å². The molecule has 0 atom stereocenters. The van der Waals surface area contributed by atoms with Crippen molar-refractivity contribution in [3.05, 3.63) is 35.4 Å². The summed E-state index contributed by atoms with van der Waals surface area (Å²) in [6.45, 7) is 1.16. The molecule has 0 saturated carbocycles. The number of nitrogens with one attached hydrogen (secondary N) is 1. The zero-order valence-electron chi connectivity index (χ0n) is 8.80. The molecule has 0 aromatic heterocycles. The summed E-state index contributed by atoms with van der Waals surface area (Å²) >= 11 is 0. The third-order valence-corrected chi connectivity index (χ3v) is 1.90. The van der Waals surface area contributed by atoms with Crippen LogP contribution < -0.4 is 5.32 Å². The molecule has 0 aliphatic carbocycles. The van der Waals surface area contributed by atoms with Gasteiger partial charge in [-0.15, -0.1) is 0 Å². The van der Waals surface area contributed by atoms with Gasteiger partial charge in [0.1, 0.15) is 6.61 Å². The molecule has 0 bridgehead atoms. The van der Waals surface area contributed by atoms with Crippen molar-refractivity contribution >= 4 is 18.2 Å². The minimum Gasteiger partial charge on any atom is -0.387 e. The van der Waals surface area contributed by atoms with Crippen LogP contribution in [0.2, 0.25) is 0 Å². The lowest BCUT2D eigenvalue weighted by molar-refractivity contribution is -0.122. The van der Waals surface area contributed by atoms with Crippen molar-refractivity contribution < 1.29 is 14.7 Å². The summed E-state index contributed by atoms with van der Waals surface area (Å²) in [4.78, 5) is 25.2. The minimum absolute atomic E-state index is 0.731. The van der Waals surface area contributed by atoms with Crippen LogP contribution >= 0.6 is 0 Å². The lowest BCUT2D eigenvalue weighted by atomic mass is 10.1. The van der Waals surface area contributed by atoms with E-state index in [0.29, 0.717) is 0 Å². The van der Waals surface area contributed by atoms with Gasteiger partial charge in [0, 0.05) is 6.21 Å². The zero-order chi connectivity index (χ0) is 12.0. The van der Waals surface area contributed by atoms with Crippen LogP contribution in [0.3, 0.4) is 0 Å². The summed E-state index contributed by atoms with van der Waals surface area (Å²) in [6.07, 6.45) is 1.37. The topological polar surface area (TPSA) is 78.8 Å². The predicted molar refractivity (Wildman–Crippen MR) is 59.4 cm³/mol. The van der Waals surface area contributed by atoms with E-state index in [1.54, 1.807) is 6.07 Å². The molecule has 84 valence electrons. The average Bonchev–Trinajstić information content (AvgIpc) is 2.28. The van der Waals surface area contributed by atoms with Crippen molar-refractivity contribution in [3.63, 3.8) is 0 Å². The molecule has 2 N–H and O–H groups in total. The Balaban J connectivity index is 2.64. The molecule has 0 saturated heterocycles. The molecule has 0 radical (unpaired) electrons. The van der Waals surface area contributed by atoms with E-state index in [1.807, 2.05) is 30.4 Å². The Morgan fingerprint density at radius 3 is 2.75 bits per heavy atom. The molecule has 16 heavy (non-hydrogen) atoms. The van der Waals surface area contributed by atoms with Gasteiger partial charge in [0.2, 0.25) is 0 Å². The van der Waals surface area contributed by atoms with E-state index >= 15 is 0 Å². The van der Waals surface area contributed by atoms with E-state index in [9.17, 15) is 9.59 Å². The van der Waals surface area contributed by atoms with E-state index in [0.717, 1.165) is 11.1 Å². The maximum Gasteiger partial charge on any atom is 0.347 e. The van der Waals surface area contributed by atoms with Crippen LogP contribution in [0.15, 0.2) is 29.3 Å². The fourth-order valence-corrected chi connectivity index (χ4v) is 1.05. The van der Waals surface area contributed by atoms with Crippen LogP contribution in [-0.2, 0) is 4.79 Å². The predicted octanol–water partition coefficient (Wildman–Crippen LogP) is 0.642.